The molecule has 7 nitrogen and oxygen atoms in total. The van der Waals surface area contributed by atoms with Crippen LogP contribution < -0.4 is 10.1 Å². The Morgan fingerprint density at radius 1 is 0.973 bits per heavy atom. The summed E-state index contributed by atoms with van der Waals surface area (Å²) in [6.45, 7) is 2.95. The second-order valence-electron chi connectivity index (χ2n) is 9.04. The Balaban J connectivity index is 1.32. The van der Waals surface area contributed by atoms with E-state index in [0.717, 1.165) is 23.2 Å². The molecule has 0 aliphatic heterocycles. The third-order valence-corrected chi connectivity index (χ3v) is 7.14. The molecule has 5 aromatic rings. The molecular weight excluding hydrogens is 534 g/mol. The SMILES string of the molecule is CC(O)(NCCOc1ccc2c3ccccc3n(Cc3ccccc3)c2c1)c1ccc(Br)c([N+](=O)[O-])c1. The van der Waals surface area contributed by atoms with Gasteiger partial charge in [-0.05, 0) is 52.7 Å². The molecule has 1 atom stereocenters. The van der Waals surface area contributed by atoms with E-state index in [0.29, 0.717) is 23.2 Å². The van der Waals surface area contributed by atoms with Crippen molar-refractivity contribution in [3.05, 3.63) is 117 Å². The minimum absolute atomic E-state index is 0.102. The third-order valence-electron chi connectivity index (χ3n) is 6.47. The maximum atomic E-state index is 11.2. The molecule has 1 unspecified atom stereocenters. The zero-order valence-corrected chi connectivity index (χ0v) is 21.8. The van der Waals surface area contributed by atoms with Gasteiger partial charge in [0.1, 0.15) is 18.1 Å². The number of nitro benzene ring substituents is 1. The summed E-state index contributed by atoms with van der Waals surface area (Å²) in [4.78, 5) is 10.8. The largest absolute Gasteiger partial charge is 0.492 e. The zero-order chi connectivity index (χ0) is 26.0. The van der Waals surface area contributed by atoms with Gasteiger partial charge in [-0.3, -0.25) is 15.4 Å². The van der Waals surface area contributed by atoms with Gasteiger partial charge in [0.2, 0.25) is 0 Å². The van der Waals surface area contributed by atoms with Crippen LogP contribution in [-0.2, 0) is 12.3 Å². The van der Waals surface area contributed by atoms with Gasteiger partial charge in [-0.1, -0.05) is 54.6 Å². The van der Waals surface area contributed by atoms with Gasteiger partial charge in [0.05, 0.1) is 14.9 Å². The minimum Gasteiger partial charge on any atom is -0.492 e. The van der Waals surface area contributed by atoms with E-state index >= 15 is 0 Å². The highest BCUT2D eigenvalue weighted by atomic mass is 79.9. The van der Waals surface area contributed by atoms with E-state index in [1.165, 1.54) is 22.5 Å². The Hall–Kier alpha value is -3.72. The number of hydrogen-bond donors (Lipinski definition) is 2. The number of aromatic nitrogens is 1. The molecule has 0 fully saturated rings. The van der Waals surface area contributed by atoms with Crippen LogP contribution in [0.1, 0.15) is 18.1 Å². The van der Waals surface area contributed by atoms with E-state index in [-0.39, 0.29) is 5.69 Å². The average molecular weight is 560 g/mol. The summed E-state index contributed by atoms with van der Waals surface area (Å²) in [5.41, 5.74) is 2.31. The van der Waals surface area contributed by atoms with Gasteiger partial charge in [0, 0.05) is 47.1 Å². The summed E-state index contributed by atoms with van der Waals surface area (Å²) in [5, 5.41) is 27.5. The molecule has 188 valence electrons. The lowest BCUT2D eigenvalue weighted by molar-refractivity contribution is -0.385. The van der Waals surface area contributed by atoms with Gasteiger partial charge in [0.25, 0.3) is 5.69 Å². The number of halogens is 1. The number of nitro groups is 1. The number of benzene rings is 4. The number of nitrogens with one attached hydrogen (secondary N) is 1. The van der Waals surface area contributed by atoms with E-state index in [1.54, 1.807) is 19.1 Å². The highest BCUT2D eigenvalue weighted by Gasteiger charge is 2.25. The highest BCUT2D eigenvalue weighted by molar-refractivity contribution is 9.10. The summed E-state index contributed by atoms with van der Waals surface area (Å²) in [6, 6.07) is 29.4. The lowest BCUT2D eigenvalue weighted by Crippen LogP contribution is -2.41. The maximum absolute atomic E-state index is 11.2. The van der Waals surface area contributed by atoms with Crippen molar-refractivity contribution in [3.63, 3.8) is 0 Å². The molecule has 0 saturated heterocycles. The van der Waals surface area contributed by atoms with E-state index in [4.69, 9.17) is 4.74 Å². The molecular formula is C29H26BrN3O4. The van der Waals surface area contributed by atoms with Crippen molar-refractivity contribution in [2.75, 3.05) is 13.2 Å². The van der Waals surface area contributed by atoms with Crippen LogP contribution in [-0.4, -0.2) is 27.7 Å². The Bertz CT molecular complexity index is 1580. The molecule has 0 spiro atoms. The molecule has 0 aliphatic carbocycles. The quantitative estimate of drug-likeness (QED) is 0.0950. The number of fused-ring (bicyclic) bond motifs is 3. The van der Waals surface area contributed by atoms with Crippen LogP contribution in [0.5, 0.6) is 5.75 Å². The first-order chi connectivity index (χ1) is 17.8. The van der Waals surface area contributed by atoms with Crippen LogP contribution >= 0.6 is 15.9 Å². The molecule has 1 aromatic heterocycles. The number of hydrogen-bond acceptors (Lipinski definition) is 5. The van der Waals surface area contributed by atoms with Gasteiger partial charge >= 0.3 is 0 Å². The summed E-state index contributed by atoms with van der Waals surface area (Å²) in [6.07, 6.45) is 0. The smallest absolute Gasteiger partial charge is 0.283 e. The van der Waals surface area contributed by atoms with Crippen molar-refractivity contribution in [2.24, 2.45) is 0 Å². The minimum atomic E-state index is -1.46. The lowest BCUT2D eigenvalue weighted by Gasteiger charge is -2.25. The molecule has 0 bridgehead atoms. The highest BCUT2D eigenvalue weighted by Crippen LogP contribution is 2.32. The van der Waals surface area contributed by atoms with Crippen LogP contribution in [0.4, 0.5) is 5.69 Å². The molecule has 5 rings (SSSR count). The molecule has 8 heteroatoms. The maximum Gasteiger partial charge on any atom is 0.283 e. The van der Waals surface area contributed by atoms with Crippen LogP contribution in [0, 0.1) is 10.1 Å². The van der Waals surface area contributed by atoms with Gasteiger partial charge in [0.15, 0.2) is 0 Å². The molecule has 1 heterocycles. The molecule has 0 radical (unpaired) electrons. The summed E-state index contributed by atoms with van der Waals surface area (Å²) in [7, 11) is 0. The number of nitrogens with zero attached hydrogens (tertiary/aromatic N) is 2. The number of ether oxygens (including phenoxy) is 1. The number of para-hydroxylation sites is 1. The predicted molar refractivity (Wildman–Crippen MR) is 149 cm³/mol. The monoisotopic (exact) mass is 559 g/mol. The summed E-state index contributed by atoms with van der Waals surface area (Å²) < 4.78 is 8.69. The molecule has 0 amide bonds. The second-order valence-corrected chi connectivity index (χ2v) is 9.89. The van der Waals surface area contributed by atoms with E-state index in [2.05, 4.69) is 74.3 Å². The molecule has 4 aromatic carbocycles. The van der Waals surface area contributed by atoms with Crippen molar-refractivity contribution < 1.29 is 14.8 Å². The first-order valence-corrected chi connectivity index (χ1v) is 12.7. The normalized spacial score (nSPS) is 13.1. The van der Waals surface area contributed by atoms with Crippen molar-refractivity contribution in [1.29, 1.82) is 0 Å². The predicted octanol–water partition coefficient (Wildman–Crippen LogP) is 6.35. The Labute approximate surface area is 222 Å². The fourth-order valence-corrected chi connectivity index (χ4v) is 4.97. The van der Waals surface area contributed by atoms with Gasteiger partial charge in [-0.25, -0.2) is 0 Å². The Kier molecular flexibility index (Phi) is 6.97. The van der Waals surface area contributed by atoms with Crippen molar-refractivity contribution in [3.8, 4) is 5.75 Å². The summed E-state index contributed by atoms with van der Waals surface area (Å²) >= 11 is 3.17. The Morgan fingerprint density at radius 2 is 1.70 bits per heavy atom. The van der Waals surface area contributed by atoms with Crippen molar-refractivity contribution >= 4 is 43.4 Å². The van der Waals surface area contributed by atoms with Crippen LogP contribution in [0.2, 0.25) is 0 Å². The number of rotatable bonds is 9. The Morgan fingerprint density at radius 3 is 2.49 bits per heavy atom. The molecule has 2 N–H and O–H groups in total. The van der Waals surface area contributed by atoms with E-state index in [9.17, 15) is 15.2 Å². The van der Waals surface area contributed by atoms with E-state index in [1.807, 2.05) is 24.3 Å². The van der Waals surface area contributed by atoms with Crippen LogP contribution in [0.3, 0.4) is 0 Å². The first-order valence-electron chi connectivity index (χ1n) is 11.9. The third kappa shape index (κ3) is 5.22. The second kappa shape index (κ2) is 10.3. The zero-order valence-electron chi connectivity index (χ0n) is 20.2. The number of aliphatic hydroxyl groups is 1. The lowest BCUT2D eigenvalue weighted by atomic mass is 10.0. The molecule has 0 saturated carbocycles. The van der Waals surface area contributed by atoms with Crippen molar-refractivity contribution in [2.45, 2.75) is 19.2 Å². The topological polar surface area (TPSA) is 89.6 Å². The van der Waals surface area contributed by atoms with E-state index < -0.39 is 10.6 Å². The fourth-order valence-electron chi connectivity index (χ4n) is 4.58. The standard InChI is InChI=1S/C29H26BrN3O4/c1-29(34,21-11-14-25(30)28(17-21)33(35)36)31-15-16-37-22-12-13-24-23-9-5-6-10-26(23)32(27(24)18-22)19-20-7-3-2-4-8-20/h2-14,17-18,31,34H,15-16,19H2,1H3. The van der Waals surface area contributed by atoms with Gasteiger partial charge in [-0.2, -0.15) is 0 Å². The van der Waals surface area contributed by atoms with Gasteiger partial charge < -0.3 is 14.4 Å². The fraction of sp³-hybridized carbons (Fsp3) is 0.172. The van der Waals surface area contributed by atoms with Gasteiger partial charge in [-0.15, -0.1) is 0 Å². The van der Waals surface area contributed by atoms with Crippen molar-refractivity contribution in [1.82, 2.24) is 9.88 Å². The summed E-state index contributed by atoms with van der Waals surface area (Å²) in [5.74, 6) is 0.727. The average Bonchev–Trinajstić information content (AvgIpc) is 3.20. The first kappa shape index (κ1) is 25.0. The molecule has 0 aliphatic rings. The van der Waals surface area contributed by atoms with Crippen LogP contribution in [0.25, 0.3) is 21.8 Å². The molecule has 37 heavy (non-hydrogen) atoms. The van der Waals surface area contributed by atoms with Crippen LogP contribution in [0.15, 0.2) is 95.5 Å².